The van der Waals surface area contributed by atoms with E-state index >= 15 is 0 Å². The molecule has 3 aromatic rings. The predicted octanol–water partition coefficient (Wildman–Crippen LogP) is 4.33. The zero-order chi connectivity index (χ0) is 22.9. The Balaban J connectivity index is 1.39. The number of benzene rings is 3. The fourth-order valence-electron chi connectivity index (χ4n) is 4.38. The molecule has 2 aliphatic rings. The van der Waals surface area contributed by atoms with E-state index in [1.165, 1.54) is 6.07 Å². The van der Waals surface area contributed by atoms with Crippen LogP contribution in [0.2, 0.25) is 0 Å². The van der Waals surface area contributed by atoms with Crippen molar-refractivity contribution in [3.05, 3.63) is 88.7 Å². The number of rotatable bonds is 3. The maximum Gasteiger partial charge on any atom is 0.341 e. The van der Waals surface area contributed by atoms with Crippen LogP contribution in [0.15, 0.2) is 60.7 Å². The summed E-state index contributed by atoms with van der Waals surface area (Å²) >= 11 is 0. The molecule has 0 radical (unpaired) electrons. The van der Waals surface area contributed by atoms with E-state index in [1.54, 1.807) is 4.90 Å². The number of esters is 1. The van der Waals surface area contributed by atoms with Crippen molar-refractivity contribution in [3.8, 4) is 0 Å². The first-order valence-electron chi connectivity index (χ1n) is 10.8. The third kappa shape index (κ3) is 3.98. The molecule has 0 aliphatic carbocycles. The Morgan fingerprint density at radius 1 is 0.879 bits per heavy atom. The van der Waals surface area contributed by atoms with Crippen LogP contribution in [0, 0.1) is 5.82 Å². The molecule has 7 heteroatoms. The number of anilines is 3. The third-order valence-corrected chi connectivity index (χ3v) is 6.01. The molecule has 0 bridgehead atoms. The summed E-state index contributed by atoms with van der Waals surface area (Å²) in [5, 5.41) is 2.59. The summed E-state index contributed by atoms with van der Waals surface area (Å²) in [6.45, 7) is -0.533. The fraction of sp³-hybridized carbons (Fsp3) is 0.192. The molecule has 0 saturated heterocycles. The van der Waals surface area contributed by atoms with Gasteiger partial charge in [0.25, 0.3) is 5.91 Å². The lowest BCUT2D eigenvalue weighted by Gasteiger charge is -2.25. The molecule has 0 aromatic heterocycles. The first kappa shape index (κ1) is 20.9. The van der Waals surface area contributed by atoms with Gasteiger partial charge in [0.2, 0.25) is 5.91 Å². The van der Waals surface area contributed by atoms with Crippen molar-refractivity contribution in [3.63, 3.8) is 0 Å². The average Bonchev–Trinajstić information content (AvgIpc) is 2.99. The van der Waals surface area contributed by atoms with Crippen molar-refractivity contribution in [2.24, 2.45) is 0 Å². The van der Waals surface area contributed by atoms with Crippen molar-refractivity contribution < 1.29 is 23.5 Å². The second kappa shape index (κ2) is 8.50. The van der Waals surface area contributed by atoms with Gasteiger partial charge in [0, 0.05) is 12.1 Å². The zero-order valence-electron chi connectivity index (χ0n) is 17.8. The molecule has 0 saturated carbocycles. The molecule has 3 aromatic carbocycles. The SMILES string of the molecule is O=C1CCc2cc(C(=O)OCC(=O)N3c4ccccc4CCc4ccccc43)c(F)cc2N1. The highest BCUT2D eigenvalue weighted by Crippen LogP contribution is 2.36. The summed E-state index contributed by atoms with van der Waals surface area (Å²) < 4.78 is 19.8. The molecule has 0 fully saturated rings. The second-order valence-corrected chi connectivity index (χ2v) is 8.10. The molecule has 6 nitrogen and oxygen atoms in total. The van der Waals surface area contributed by atoms with Crippen LogP contribution in [0.1, 0.15) is 33.5 Å². The van der Waals surface area contributed by atoms with Crippen LogP contribution < -0.4 is 10.2 Å². The number of nitrogens with zero attached hydrogens (tertiary/aromatic N) is 1. The van der Waals surface area contributed by atoms with Crippen LogP contribution in [0.5, 0.6) is 0 Å². The number of nitrogens with one attached hydrogen (secondary N) is 1. The summed E-state index contributed by atoms with van der Waals surface area (Å²) in [6.07, 6.45) is 2.24. The molecule has 1 N–H and O–H groups in total. The quantitative estimate of drug-likeness (QED) is 0.610. The fourth-order valence-corrected chi connectivity index (χ4v) is 4.38. The second-order valence-electron chi connectivity index (χ2n) is 8.10. The minimum Gasteiger partial charge on any atom is -0.452 e. The maximum absolute atomic E-state index is 14.5. The van der Waals surface area contributed by atoms with Crippen LogP contribution in [0.4, 0.5) is 21.5 Å². The van der Waals surface area contributed by atoms with Gasteiger partial charge in [0.1, 0.15) is 5.82 Å². The van der Waals surface area contributed by atoms with E-state index < -0.39 is 24.3 Å². The number of halogens is 1. The summed E-state index contributed by atoms with van der Waals surface area (Å²) in [6, 6.07) is 17.8. The first-order chi connectivity index (χ1) is 16.0. The van der Waals surface area contributed by atoms with Gasteiger partial charge < -0.3 is 10.1 Å². The zero-order valence-corrected chi connectivity index (χ0v) is 17.8. The molecule has 0 atom stereocenters. The number of para-hydroxylation sites is 2. The minimum atomic E-state index is -0.919. The Labute approximate surface area is 190 Å². The minimum absolute atomic E-state index is 0.194. The van der Waals surface area contributed by atoms with Crippen molar-refractivity contribution in [2.45, 2.75) is 25.7 Å². The molecule has 0 spiro atoms. The normalized spacial score (nSPS) is 14.3. The van der Waals surface area contributed by atoms with Crippen LogP contribution in [-0.2, 0) is 33.6 Å². The van der Waals surface area contributed by atoms with Gasteiger partial charge in [0.05, 0.1) is 16.9 Å². The van der Waals surface area contributed by atoms with Gasteiger partial charge in [-0.25, -0.2) is 9.18 Å². The van der Waals surface area contributed by atoms with E-state index in [4.69, 9.17) is 4.74 Å². The summed E-state index contributed by atoms with van der Waals surface area (Å²) in [7, 11) is 0. The van der Waals surface area contributed by atoms with E-state index in [0.29, 0.717) is 17.7 Å². The number of amides is 2. The molecule has 166 valence electrons. The van der Waals surface area contributed by atoms with Crippen LogP contribution in [0.3, 0.4) is 0 Å². The topological polar surface area (TPSA) is 75.7 Å². The van der Waals surface area contributed by atoms with Crippen molar-refractivity contribution >= 4 is 34.8 Å². The molecule has 2 heterocycles. The Kier molecular flexibility index (Phi) is 5.38. The third-order valence-electron chi connectivity index (χ3n) is 6.01. The average molecular weight is 444 g/mol. The molecular weight excluding hydrogens is 423 g/mol. The molecule has 5 rings (SSSR count). The van der Waals surface area contributed by atoms with Crippen molar-refractivity contribution in [1.29, 1.82) is 0 Å². The molecule has 0 unspecified atom stereocenters. The largest absolute Gasteiger partial charge is 0.452 e. The van der Waals surface area contributed by atoms with Gasteiger partial charge in [-0.2, -0.15) is 0 Å². The van der Waals surface area contributed by atoms with E-state index in [-0.39, 0.29) is 17.9 Å². The smallest absolute Gasteiger partial charge is 0.341 e. The van der Waals surface area contributed by atoms with Gasteiger partial charge in [-0.15, -0.1) is 0 Å². The predicted molar refractivity (Wildman–Crippen MR) is 121 cm³/mol. The number of hydrogen-bond acceptors (Lipinski definition) is 4. The highest BCUT2D eigenvalue weighted by Gasteiger charge is 2.27. The Bertz CT molecular complexity index is 1240. The maximum atomic E-state index is 14.5. The van der Waals surface area contributed by atoms with Gasteiger partial charge in [-0.1, -0.05) is 36.4 Å². The summed E-state index contributed by atoms with van der Waals surface area (Å²) in [5.74, 6) is -2.34. The van der Waals surface area contributed by atoms with E-state index in [2.05, 4.69) is 5.32 Å². The van der Waals surface area contributed by atoms with Gasteiger partial charge in [0.15, 0.2) is 6.61 Å². The highest BCUT2D eigenvalue weighted by molar-refractivity contribution is 6.04. The van der Waals surface area contributed by atoms with Crippen LogP contribution in [-0.4, -0.2) is 24.4 Å². The lowest BCUT2D eigenvalue weighted by Crippen LogP contribution is -2.31. The van der Waals surface area contributed by atoms with Crippen molar-refractivity contribution in [1.82, 2.24) is 0 Å². The Hall–Kier alpha value is -4.00. The monoisotopic (exact) mass is 444 g/mol. The van der Waals surface area contributed by atoms with Crippen molar-refractivity contribution in [2.75, 3.05) is 16.8 Å². The lowest BCUT2D eigenvalue weighted by molar-refractivity contribution is -0.121. The van der Waals surface area contributed by atoms with E-state index in [9.17, 15) is 18.8 Å². The Morgan fingerprint density at radius 3 is 2.15 bits per heavy atom. The Morgan fingerprint density at radius 2 is 1.48 bits per heavy atom. The number of fused-ring (bicyclic) bond motifs is 3. The van der Waals surface area contributed by atoms with Gasteiger partial charge in [-0.05, 0) is 60.2 Å². The van der Waals surface area contributed by atoms with Crippen LogP contribution >= 0.6 is 0 Å². The number of hydrogen-bond donors (Lipinski definition) is 1. The number of carbonyl (C=O) groups excluding carboxylic acids is 3. The van der Waals surface area contributed by atoms with Crippen LogP contribution in [0.25, 0.3) is 0 Å². The molecule has 2 amide bonds. The number of aryl methyl sites for hydroxylation is 3. The molecular formula is C26H21FN2O4. The first-order valence-corrected chi connectivity index (χ1v) is 10.8. The molecule has 33 heavy (non-hydrogen) atoms. The number of carbonyl (C=O) groups is 3. The van der Waals surface area contributed by atoms with E-state index in [1.807, 2.05) is 48.5 Å². The number of ether oxygens (including phenoxy) is 1. The standard InChI is InChI=1S/C26H21FN2O4/c27-20-14-21-18(11-12-24(30)28-21)13-19(20)26(32)33-15-25(31)29-22-7-3-1-5-16(22)9-10-17-6-2-4-8-23(17)29/h1-8,13-14H,9-12,15H2,(H,28,30). The van der Waals surface area contributed by atoms with E-state index in [0.717, 1.165) is 41.4 Å². The van der Waals surface area contributed by atoms with Gasteiger partial charge in [-0.3, -0.25) is 14.5 Å². The lowest BCUT2D eigenvalue weighted by atomic mass is 10.00. The highest BCUT2D eigenvalue weighted by atomic mass is 19.1. The summed E-state index contributed by atoms with van der Waals surface area (Å²) in [4.78, 5) is 39.0. The van der Waals surface area contributed by atoms with Gasteiger partial charge >= 0.3 is 5.97 Å². The summed E-state index contributed by atoms with van der Waals surface area (Å²) in [5.41, 5.74) is 4.30. The molecule has 2 aliphatic heterocycles.